The summed E-state index contributed by atoms with van der Waals surface area (Å²) in [5.41, 5.74) is 1.95. The van der Waals surface area contributed by atoms with Crippen LogP contribution >= 0.6 is 23.1 Å². The van der Waals surface area contributed by atoms with Crippen LogP contribution in [0.25, 0.3) is 10.2 Å². The number of anilines is 1. The average Bonchev–Trinajstić information content (AvgIpc) is 3.07. The molecular formula is C21H21N3O3S2. The lowest BCUT2D eigenvalue weighted by molar-refractivity contribution is -0.115. The number of nitrogens with one attached hydrogen (secondary N) is 1. The molecule has 150 valence electrons. The van der Waals surface area contributed by atoms with E-state index >= 15 is 0 Å². The molecule has 0 saturated heterocycles. The first-order valence-corrected chi connectivity index (χ1v) is 11.2. The summed E-state index contributed by atoms with van der Waals surface area (Å²) in [5, 5.41) is 14.2. The largest absolute Gasteiger partial charge is 0.506 e. The molecule has 1 unspecified atom stereocenters. The number of nitrogens with zero attached hydrogens (tertiary/aromatic N) is 2. The number of aryl methyl sites for hydroxylation is 3. The third kappa shape index (κ3) is 4.00. The van der Waals surface area contributed by atoms with Gasteiger partial charge in [-0.15, -0.1) is 11.3 Å². The van der Waals surface area contributed by atoms with E-state index in [4.69, 9.17) is 0 Å². The number of carbonyl (C=O) groups is 2. The minimum absolute atomic E-state index is 0.0756. The highest BCUT2D eigenvalue weighted by Gasteiger charge is 2.24. The molecule has 4 rings (SSSR count). The van der Waals surface area contributed by atoms with Gasteiger partial charge in [0, 0.05) is 15.8 Å². The number of phenols is 1. The summed E-state index contributed by atoms with van der Waals surface area (Å²) in [6.07, 6.45) is 5.16. The molecule has 1 aliphatic rings. The number of rotatable bonds is 5. The van der Waals surface area contributed by atoms with Crippen molar-refractivity contribution in [2.45, 2.75) is 49.8 Å². The molecule has 0 saturated carbocycles. The highest BCUT2D eigenvalue weighted by Crippen LogP contribution is 2.40. The summed E-state index contributed by atoms with van der Waals surface area (Å²) in [7, 11) is 0. The monoisotopic (exact) mass is 427 g/mol. The highest BCUT2D eigenvalue weighted by molar-refractivity contribution is 8.00. The van der Waals surface area contributed by atoms with Crippen molar-refractivity contribution in [2.75, 3.05) is 5.32 Å². The number of thiophene rings is 1. The van der Waals surface area contributed by atoms with Gasteiger partial charge in [0.05, 0.1) is 10.9 Å². The third-order valence-electron chi connectivity index (χ3n) is 4.97. The molecule has 2 aromatic heterocycles. The zero-order valence-electron chi connectivity index (χ0n) is 16.2. The van der Waals surface area contributed by atoms with Crippen LogP contribution in [0.1, 0.15) is 46.4 Å². The number of thioether (sulfide) groups is 1. The van der Waals surface area contributed by atoms with E-state index in [1.54, 1.807) is 11.3 Å². The number of aromatic nitrogens is 2. The summed E-state index contributed by atoms with van der Waals surface area (Å²) >= 11 is 3.14. The second-order valence-corrected chi connectivity index (χ2v) is 9.52. The van der Waals surface area contributed by atoms with Gasteiger partial charge in [0.25, 0.3) is 0 Å². The van der Waals surface area contributed by atoms with Gasteiger partial charge in [-0.05, 0) is 63.3 Å². The van der Waals surface area contributed by atoms with E-state index in [1.165, 1.54) is 53.2 Å². The van der Waals surface area contributed by atoms with E-state index in [1.807, 2.05) is 13.8 Å². The van der Waals surface area contributed by atoms with Gasteiger partial charge >= 0.3 is 0 Å². The van der Waals surface area contributed by atoms with Gasteiger partial charge in [-0.2, -0.15) is 0 Å². The Bertz CT molecular complexity index is 1110. The van der Waals surface area contributed by atoms with Crippen molar-refractivity contribution in [2.24, 2.45) is 0 Å². The third-order valence-corrected chi connectivity index (χ3v) is 7.24. The molecular weight excluding hydrogens is 406 g/mol. The van der Waals surface area contributed by atoms with Gasteiger partial charge in [0.2, 0.25) is 5.91 Å². The van der Waals surface area contributed by atoms with Crippen LogP contribution in [0.15, 0.2) is 23.2 Å². The topological polar surface area (TPSA) is 92.2 Å². The SMILES string of the molecule is Cc1nc(SC(C)C(=O)Nc2cc(C=O)ccc2O)c2c3c(sc2n1)CCCC3. The van der Waals surface area contributed by atoms with Crippen LogP contribution in [0.3, 0.4) is 0 Å². The lowest BCUT2D eigenvalue weighted by atomic mass is 9.97. The zero-order valence-corrected chi connectivity index (χ0v) is 17.8. The van der Waals surface area contributed by atoms with Gasteiger partial charge in [-0.1, -0.05) is 11.8 Å². The maximum atomic E-state index is 12.7. The number of fused-ring (bicyclic) bond motifs is 3. The van der Waals surface area contributed by atoms with E-state index in [-0.39, 0.29) is 17.3 Å². The van der Waals surface area contributed by atoms with Crippen molar-refractivity contribution in [3.8, 4) is 5.75 Å². The first-order chi connectivity index (χ1) is 14.0. The van der Waals surface area contributed by atoms with Crippen molar-refractivity contribution < 1.29 is 14.7 Å². The molecule has 0 spiro atoms. The highest BCUT2D eigenvalue weighted by atomic mass is 32.2. The molecule has 2 heterocycles. The lowest BCUT2D eigenvalue weighted by Crippen LogP contribution is -2.22. The smallest absolute Gasteiger partial charge is 0.237 e. The molecule has 1 aromatic carbocycles. The fourth-order valence-corrected chi connectivity index (χ4v) is 5.89. The molecule has 0 fully saturated rings. The number of carbonyl (C=O) groups excluding carboxylic acids is 2. The molecule has 29 heavy (non-hydrogen) atoms. The van der Waals surface area contributed by atoms with Crippen molar-refractivity contribution >= 4 is 51.2 Å². The molecule has 6 nitrogen and oxygen atoms in total. The fraction of sp³-hybridized carbons (Fsp3) is 0.333. The number of aldehydes is 1. The van der Waals surface area contributed by atoms with E-state index in [2.05, 4.69) is 15.3 Å². The Hall–Kier alpha value is -2.45. The van der Waals surface area contributed by atoms with Gasteiger partial charge in [0.1, 0.15) is 27.7 Å². The van der Waals surface area contributed by atoms with Crippen LogP contribution in [-0.4, -0.2) is 32.5 Å². The summed E-state index contributed by atoms with van der Waals surface area (Å²) < 4.78 is 0. The van der Waals surface area contributed by atoms with Crippen LogP contribution in [0.5, 0.6) is 5.75 Å². The number of benzene rings is 1. The minimum atomic E-state index is -0.439. The van der Waals surface area contributed by atoms with Crippen LogP contribution in [0, 0.1) is 6.92 Å². The summed E-state index contributed by atoms with van der Waals surface area (Å²) in [4.78, 5) is 35.4. The summed E-state index contributed by atoms with van der Waals surface area (Å²) in [5.74, 6) is 0.359. The summed E-state index contributed by atoms with van der Waals surface area (Å²) in [6, 6.07) is 4.35. The minimum Gasteiger partial charge on any atom is -0.506 e. The Balaban J connectivity index is 1.60. The molecule has 1 atom stereocenters. The molecule has 0 radical (unpaired) electrons. The summed E-state index contributed by atoms with van der Waals surface area (Å²) in [6.45, 7) is 3.68. The zero-order chi connectivity index (χ0) is 20.5. The predicted octanol–water partition coefficient (Wildman–Crippen LogP) is 4.52. The Kier molecular flexibility index (Phi) is 5.56. The standard InChI is InChI=1S/C21H21N3O3S2/c1-11(19(27)24-15-9-13(10-25)7-8-16(15)26)28-20-18-14-5-3-4-6-17(14)29-21(18)23-12(2)22-20/h7-11,26H,3-6H2,1-2H3,(H,24,27). The van der Waals surface area contributed by atoms with Crippen molar-refractivity contribution in [1.82, 2.24) is 9.97 Å². The number of amides is 1. The molecule has 2 N–H and O–H groups in total. The second-order valence-electron chi connectivity index (χ2n) is 7.11. The molecule has 3 aromatic rings. The Morgan fingerprint density at radius 1 is 1.31 bits per heavy atom. The predicted molar refractivity (Wildman–Crippen MR) is 116 cm³/mol. The van der Waals surface area contributed by atoms with Crippen LogP contribution in [0.2, 0.25) is 0 Å². The quantitative estimate of drug-likeness (QED) is 0.269. The first-order valence-electron chi connectivity index (χ1n) is 9.51. The average molecular weight is 428 g/mol. The van der Waals surface area contributed by atoms with Crippen LogP contribution in [-0.2, 0) is 17.6 Å². The fourth-order valence-electron chi connectivity index (χ4n) is 3.49. The Morgan fingerprint density at radius 3 is 2.90 bits per heavy atom. The number of hydrogen-bond acceptors (Lipinski definition) is 7. The molecule has 1 aliphatic carbocycles. The maximum Gasteiger partial charge on any atom is 0.237 e. The van der Waals surface area contributed by atoms with Gasteiger partial charge < -0.3 is 10.4 Å². The van der Waals surface area contributed by atoms with Gasteiger partial charge in [-0.25, -0.2) is 9.97 Å². The lowest BCUT2D eigenvalue weighted by Gasteiger charge is -2.15. The van der Waals surface area contributed by atoms with E-state index in [9.17, 15) is 14.7 Å². The number of hydrogen-bond donors (Lipinski definition) is 2. The van der Waals surface area contributed by atoms with E-state index in [0.29, 0.717) is 17.7 Å². The van der Waals surface area contributed by atoms with Crippen molar-refractivity contribution in [1.29, 1.82) is 0 Å². The van der Waals surface area contributed by atoms with Gasteiger partial charge in [0.15, 0.2) is 0 Å². The maximum absolute atomic E-state index is 12.7. The van der Waals surface area contributed by atoms with Crippen LogP contribution < -0.4 is 5.32 Å². The normalized spacial score (nSPS) is 14.4. The second kappa shape index (κ2) is 8.12. The van der Waals surface area contributed by atoms with Crippen LogP contribution in [0.4, 0.5) is 5.69 Å². The van der Waals surface area contributed by atoms with E-state index < -0.39 is 5.25 Å². The van der Waals surface area contributed by atoms with Gasteiger partial charge in [-0.3, -0.25) is 9.59 Å². The molecule has 8 heteroatoms. The molecule has 0 bridgehead atoms. The van der Waals surface area contributed by atoms with Crippen molar-refractivity contribution in [3.05, 3.63) is 40.0 Å². The first kappa shape index (κ1) is 19.8. The number of aromatic hydroxyl groups is 1. The molecule has 1 amide bonds. The Labute approximate surface area is 176 Å². The Morgan fingerprint density at radius 2 is 2.10 bits per heavy atom. The molecule has 0 aliphatic heterocycles. The van der Waals surface area contributed by atoms with Crippen molar-refractivity contribution in [3.63, 3.8) is 0 Å². The van der Waals surface area contributed by atoms with E-state index in [0.717, 1.165) is 28.1 Å². The number of phenolic OH excluding ortho intramolecular Hbond substituents is 1.